The van der Waals surface area contributed by atoms with Gasteiger partial charge in [-0.15, -0.1) is 0 Å². The molecule has 3 rings (SSSR count). The van der Waals surface area contributed by atoms with E-state index in [0.29, 0.717) is 25.0 Å². The lowest BCUT2D eigenvalue weighted by molar-refractivity contribution is -0.140. The molecule has 1 aliphatic heterocycles. The summed E-state index contributed by atoms with van der Waals surface area (Å²) in [5, 5.41) is 3.12. The zero-order valence-corrected chi connectivity index (χ0v) is 13.3. The molecule has 134 valence electrons. The van der Waals surface area contributed by atoms with Gasteiger partial charge in [0.2, 0.25) is 0 Å². The van der Waals surface area contributed by atoms with Crippen molar-refractivity contribution in [3.8, 4) is 0 Å². The zero-order valence-electron chi connectivity index (χ0n) is 13.3. The quantitative estimate of drug-likeness (QED) is 0.841. The van der Waals surface area contributed by atoms with Gasteiger partial charge in [-0.1, -0.05) is 6.07 Å². The van der Waals surface area contributed by atoms with E-state index >= 15 is 0 Å². The SMILES string of the molecule is Cn1ccnc1C1CNCCN1C(=O)c1cccc(C(F)(F)F)c1F. The molecule has 1 amide bonds. The minimum atomic E-state index is -4.86. The average molecular weight is 356 g/mol. The average Bonchev–Trinajstić information content (AvgIpc) is 2.99. The van der Waals surface area contributed by atoms with Crippen molar-refractivity contribution in [2.45, 2.75) is 12.2 Å². The highest BCUT2D eigenvalue weighted by molar-refractivity contribution is 5.95. The summed E-state index contributed by atoms with van der Waals surface area (Å²) in [6, 6.07) is 2.25. The Morgan fingerprint density at radius 3 is 2.76 bits per heavy atom. The summed E-state index contributed by atoms with van der Waals surface area (Å²) in [4.78, 5) is 18.3. The molecule has 5 nitrogen and oxygen atoms in total. The normalized spacial score (nSPS) is 18.4. The molecule has 0 bridgehead atoms. The van der Waals surface area contributed by atoms with Crippen LogP contribution in [0.5, 0.6) is 0 Å². The molecule has 2 heterocycles. The van der Waals surface area contributed by atoms with Crippen molar-refractivity contribution in [1.29, 1.82) is 0 Å². The van der Waals surface area contributed by atoms with E-state index in [1.54, 1.807) is 24.0 Å². The molecule has 0 radical (unpaired) electrons. The van der Waals surface area contributed by atoms with E-state index in [9.17, 15) is 22.4 Å². The first-order valence-electron chi connectivity index (χ1n) is 7.65. The topological polar surface area (TPSA) is 50.2 Å². The number of hydrogen-bond acceptors (Lipinski definition) is 3. The maximum Gasteiger partial charge on any atom is 0.419 e. The third-order valence-corrected chi connectivity index (χ3v) is 4.20. The molecule has 1 aliphatic rings. The molecule has 1 saturated heterocycles. The summed E-state index contributed by atoms with van der Waals surface area (Å²) in [7, 11) is 1.75. The van der Waals surface area contributed by atoms with Crippen LogP contribution in [-0.4, -0.2) is 40.0 Å². The standard InChI is InChI=1S/C16H16F4N4O/c1-23-7-6-22-14(23)12-9-21-5-8-24(12)15(25)10-3-2-4-11(13(10)17)16(18,19)20/h2-4,6-7,12,21H,5,8-9H2,1H3. The van der Waals surface area contributed by atoms with Crippen molar-refractivity contribution in [3.05, 3.63) is 53.4 Å². The minimum Gasteiger partial charge on any atom is -0.336 e. The molecular formula is C16H16F4N4O. The Kier molecular flexibility index (Phi) is 4.51. The molecule has 0 aliphatic carbocycles. The van der Waals surface area contributed by atoms with Gasteiger partial charge in [0.15, 0.2) is 0 Å². The second-order valence-electron chi connectivity index (χ2n) is 5.78. The fourth-order valence-corrected chi connectivity index (χ4v) is 2.95. The number of nitrogens with zero attached hydrogens (tertiary/aromatic N) is 3. The van der Waals surface area contributed by atoms with Crippen LogP contribution in [0, 0.1) is 5.82 Å². The molecular weight excluding hydrogens is 340 g/mol. The summed E-state index contributed by atoms with van der Waals surface area (Å²) in [6.45, 7) is 1.09. The van der Waals surface area contributed by atoms with Crippen molar-refractivity contribution in [1.82, 2.24) is 19.8 Å². The summed E-state index contributed by atoms with van der Waals surface area (Å²) in [6.07, 6.45) is -1.59. The van der Waals surface area contributed by atoms with Gasteiger partial charge >= 0.3 is 6.18 Å². The van der Waals surface area contributed by atoms with Gasteiger partial charge in [-0.2, -0.15) is 13.2 Å². The van der Waals surface area contributed by atoms with E-state index < -0.39 is 35.1 Å². The summed E-state index contributed by atoms with van der Waals surface area (Å²) in [5.74, 6) is -1.75. The lowest BCUT2D eigenvalue weighted by Gasteiger charge is -2.36. The predicted octanol–water partition coefficient (Wildman–Crippen LogP) is 2.36. The van der Waals surface area contributed by atoms with Crippen LogP contribution >= 0.6 is 0 Å². The van der Waals surface area contributed by atoms with Crippen LogP contribution in [0.2, 0.25) is 0 Å². The number of benzene rings is 1. The number of carbonyl (C=O) groups excluding carboxylic acids is 1. The highest BCUT2D eigenvalue weighted by Gasteiger charge is 2.38. The molecule has 1 N–H and O–H groups in total. The van der Waals surface area contributed by atoms with Crippen molar-refractivity contribution >= 4 is 5.91 Å². The summed E-state index contributed by atoms with van der Waals surface area (Å²) in [5.41, 5.74) is -2.03. The van der Waals surface area contributed by atoms with E-state index in [-0.39, 0.29) is 6.54 Å². The second kappa shape index (κ2) is 6.47. The van der Waals surface area contributed by atoms with Crippen molar-refractivity contribution in [2.75, 3.05) is 19.6 Å². The Labute approximate surface area is 141 Å². The Morgan fingerprint density at radius 1 is 1.36 bits per heavy atom. The smallest absolute Gasteiger partial charge is 0.336 e. The highest BCUT2D eigenvalue weighted by Crippen LogP contribution is 2.33. The summed E-state index contributed by atoms with van der Waals surface area (Å²) >= 11 is 0. The van der Waals surface area contributed by atoms with E-state index in [1.165, 1.54) is 4.90 Å². The van der Waals surface area contributed by atoms with Gasteiger partial charge in [0.05, 0.1) is 11.1 Å². The van der Waals surface area contributed by atoms with Crippen molar-refractivity contribution in [3.63, 3.8) is 0 Å². The molecule has 1 aromatic heterocycles. The van der Waals surface area contributed by atoms with E-state index in [1.807, 2.05) is 0 Å². The number of rotatable bonds is 2. The largest absolute Gasteiger partial charge is 0.419 e. The second-order valence-corrected chi connectivity index (χ2v) is 5.78. The molecule has 1 fully saturated rings. The number of alkyl halides is 3. The van der Waals surface area contributed by atoms with Crippen LogP contribution in [0.25, 0.3) is 0 Å². The molecule has 25 heavy (non-hydrogen) atoms. The van der Waals surface area contributed by atoms with Gasteiger partial charge < -0.3 is 14.8 Å². The lowest BCUT2D eigenvalue weighted by Crippen LogP contribution is -2.49. The van der Waals surface area contributed by atoms with Gasteiger partial charge in [-0.25, -0.2) is 9.37 Å². The molecule has 0 saturated carbocycles. The first-order valence-corrected chi connectivity index (χ1v) is 7.65. The number of amides is 1. The first-order chi connectivity index (χ1) is 11.8. The third kappa shape index (κ3) is 3.23. The van der Waals surface area contributed by atoms with Crippen LogP contribution in [0.3, 0.4) is 0 Å². The molecule has 1 atom stereocenters. The van der Waals surface area contributed by atoms with Crippen molar-refractivity contribution < 1.29 is 22.4 Å². The van der Waals surface area contributed by atoms with Gasteiger partial charge in [-0.3, -0.25) is 4.79 Å². The van der Waals surface area contributed by atoms with Gasteiger partial charge in [0, 0.05) is 39.1 Å². The van der Waals surface area contributed by atoms with Crippen LogP contribution < -0.4 is 5.32 Å². The Bertz CT molecular complexity index is 787. The van der Waals surface area contributed by atoms with Crippen LogP contribution in [0.15, 0.2) is 30.6 Å². The maximum absolute atomic E-state index is 14.3. The third-order valence-electron chi connectivity index (χ3n) is 4.20. The molecule has 9 heteroatoms. The number of aryl methyl sites for hydroxylation is 1. The first kappa shape index (κ1) is 17.4. The van der Waals surface area contributed by atoms with Gasteiger partial charge in [-0.05, 0) is 12.1 Å². The minimum absolute atomic E-state index is 0.242. The van der Waals surface area contributed by atoms with E-state index in [4.69, 9.17) is 0 Å². The molecule has 0 spiro atoms. The van der Waals surface area contributed by atoms with Gasteiger partial charge in [0.25, 0.3) is 5.91 Å². The number of nitrogens with one attached hydrogen (secondary N) is 1. The fraction of sp³-hybridized carbons (Fsp3) is 0.375. The van der Waals surface area contributed by atoms with Crippen LogP contribution in [0.1, 0.15) is 27.8 Å². The Morgan fingerprint density at radius 2 is 2.12 bits per heavy atom. The molecule has 1 aromatic carbocycles. The number of carbonyl (C=O) groups is 1. The number of halogens is 4. The van der Waals surface area contributed by atoms with E-state index in [0.717, 1.165) is 12.1 Å². The monoisotopic (exact) mass is 356 g/mol. The Balaban J connectivity index is 1.98. The molecule has 2 aromatic rings. The maximum atomic E-state index is 14.3. The zero-order chi connectivity index (χ0) is 18.2. The Hall–Kier alpha value is -2.42. The number of imidazole rings is 1. The lowest BCUT2D eigenvalue weighted by atomic mass is 10.1. The highest BCUT2D eigenvalue weighted by atomic mass is 19.4. The van der Waals surface area contributed by atoms with Gasteiger partial charge in [0.1, 0.15) is 17.7 Å². The summed E-state index contributed by atoms with van der Waals surface area (Å²) < 4.78 is 54.7. The fourth-order valence-electron chi connectivity index (χ4n) is 2.95. The van der Waals surface area contributed by atoms with Crippen molar-refractivity contribution in [2.24, 2.45) is 7.05 Å². The van der Waals surface area contributed by atoms with Crippen LogP contribution in [0.4, 0.5) is 17.6 Å². The van der Waals surface area contributed by atoms with Crippen LogP contribution in [-0.2, 0) is 13.2 Å². The number of hydrogen-bond donors (Lipinski definition) is 1. The van der Waals surface area contributed by atoms with E-state index in [2.05, 4.69) is 10.3 Å². The molecule has 1 unspecified atom stereocenters. The number of aromatic nitrogens is 2. The number of piperazine rings is 1. The predicted molar refractivity (Wildman–Crippen MR) is 81.3 cm³/mol.